The molecule has 3 aromatic rings. The Balaban J connectivity index is 1.40. The Kier molecular flexibility index (Phi) is 8.68. The number of carbonyl (C=O) groups is 2. The predicted octanol–water partition coefficient (Wildman–Crippen LogP) is 4.31. The summed E-state index contributed by atoms with van der Waals surface area (Å²) in [7, 11) is 0. The van der Waals surface area contributed by atoms with Crippen molar-refractivity contribution in [2.45, 2.75) is 40.8 Å². The maximum atomic E-state index is 12.2. The Morgan fingerprint density at radius 1 is 0.618 bits per heavy atom. The maximum absolute atomic E-state index is 12.2. The van der Waals surface area contributed by atoms with Crippen molar-refractivity contribution in [3.05, 3.63) is 94.0 Å². The van der Waals surface area contributed by atoms with Crippen LogP contribution in [0.15, 0.2) is 60.7 Å². The first-order chi connectivity index (χ1) is 16.3. The van der Waals surface area contributed by atoms with Crippen LogP contribution < -0.4 is 20.1 Å². The average Bonchev–Trinajstić information content (AvgIpc) is 2.83. The van der Waals surface area contributed by atoms with Crippen molar-refractivity contribution >= 4 is 11.8 Å². The Morgan fingerprint density at radius 2 is 1.06 bits per heavy atom. The monoisotopic (exact) mass is 460 g/mol. The molecular formula is C28H32N2O4. The molecule has 2 N–H and O–H groups in total. The predicted molar refractivity (Wildman–Crippen MR) is 133 cm³/mol. The first-order valence-electron chi connectivity index (χ1n) is 11.3. The van der Waals surface area contributed by atoms with Gasteiger partial charge < -0.3 is 20.1 Å². The number of nitrogens with one attached hydrogen (secondary N) is 2. The molecule has 0 atom stereocenters. The van der Waals surface area contributed by atoms with Gasteiger partial charge in [0, 0.05) is 13.1 Å². The van der Waals surface area contributed by atoms with Crippen LogP contribution in [0, 0.1) is 27.7 Å². The smallest absolute Gasteiger partial charge is 0.258 e. The van der Waals surface area contributed by atoms with E-state index in [1.165, 1.54) is 11.1 Å². The van der Waals surface area contributed by atoms with Crippen molar-refractivity contribution < 1.29 is 19.1 Å². The van der Waals surface area contributed by atoms with Crippen LogP contribution in [-0.2, 0) is 22.7 Å². The highest BCUT2D eigenvalue weighted by atomic mass is 16.5. The number of ether oxygens (including phenoxy) is 2. The van der Waals surface area contributed by atoms with Gasteiger partial charge in [0.25, 0.3) is 11.8 Å². The van der Waals surface area contributed by atoms with E-state index in [2.05, 4.69) is 10.6 Å². The summed E-state index contributed by atoms with van der Waals surface area (Å²) in [4.78, 5) is 24.3. The van der Waals surface area contributed by atoms with E-state index in [1.807, 2.05) is 88.4 Å². The van der Waals surface area contributed by atoms with Crippen LogP contribution in [0.5, 0.6) is 11.5 Å². The van der Waals surface area contributed by atoms with Crippen LogP contribution in [0.1, 0.15) is 33.4 Å². The molecule has 34 heavy (non-hydrogen) atoms. The fourth-order valence-corrected chi connectivity index (χ4v) is 3.26. The second-order valence-corrected chi connectivity index (χ2v) is 8.44. The first kappa shape index (κ1) is 24.8. The first-order valence-corrected chi connectivity index (χ1v) is 11.3. The average molecular weight is 461 g/mol. The molecule has 0 aliphatic heterocycles. The number of hydrogen-bond acceptors (Lipinski definition) is 4. The summed E-state index contributed by atoms with van der Waals surface area (Å²) in [6, 6.07) is 19.2. The zero-order chi connectivity index (χ0) is 24.5. The van der Waals surface area contributed by atoms with E-state index in [9.17, 15) is 9.59 Å². The molecule has 0 aromatic heterocycles. The molecule has 6 nitrogen and oxygen atoms in total. The quantitative estimate of drug-likeness (QED) is 0.473. The minimum absolute atomic E-state index is 0.0429. The number of amides is 2. The molecule has 0 aliphatic carbocycles. The van der Waals surface area contributed by atoms with Crippen LogP contribution in [0.2, 0.25) is 0 Å². The van der Waals surface area contributed by atoms with Crippen molar-refractivity contribution in [3.8, 4) is 11.5 Å². The summed E-state index contributed by atoms with van der Waals surface area (Å²) in [5.74, 6) is 0.968. The number of carbonyl (C=O) groups excluding carboxylic acids is 2. The van der Waals surface area contributed by atoms with Gasteiger partial charge in [0.05, 0.1) is 0 Å². The lowest BCUT2D eigenvalue weighted by molar-refractivity contribution is -0.124. The molecule has 0 radical (unpaired) electrons. The normalized spacial score (nSPS) is 10.5. The van der Waals surface area contributed by atoms with Gasteiger partial charge in [-0.2, -0.15) is 0 Å². The standard InChI is InChI=1S/C28H32N2O4/c1-19-8-10-25(12-21(19)3)33-17-27(31)29-15-23-6-5-7-24(14-23)16-30-28(32)18-34-26-11-9-20(2)22(4)13-26/h5-14H,15-18H2,1-4H3,(H,29,31)(H,30,32). The third-order valence-electron chi connectivity index (χ3n) is 5.67. The minimum atomic E-state index is -0.194. The van der Waals surface area contributed by atoms with Gasteiger partial charge in [0.1, 0.15) is 11.5 Å². The van der Waals surface area contributed by atoms with E-state index in [0.29, 0.717) is 24.6 Å². The Hall–Kier alpha value is -3.80. The fraction of sp³-hybridized carbons (Fsp3) is 0.286. The van der Waals surface area contributed by atoms with Gasteiger partial charge in [-0.1, -0.05) is 36.4 Å². The van der Waals surface area contributed by atoms with Gasteiger partial charge in [-0.3, -0.25) is 9.59 Å². The molecular weight excluding hydrogens is 428 g/mol. The molecule has 0 heterocycles. The van der Waals surface area contributed by atoms with E-state index in [0.717, 1.165) is 22.3 Å². The molecule has 0 saturated carbocycles. The second-order valence-electron chi connectivity index (χ2n) is 8.44. The summed E-state index contributed by atoms with van der Waals surface area (Å²) in [6.45, 7) is 8.76. The lowest BCUT2D eigenvalue weighted by atomic mass is 10.1. The van der Waals surface area contributed by atoms with Crippen LogP contribution in [0.3, 0.4) is 0 Å². The highest BCUT2D eigenvalue weighted by molar-refractivity contribution is 5.78. The number of benzene rings is 3. The highest BCUT2D eigenvalue weighted by Gasteiger charge is 2.07. The summed E-state index contributed by atoms with van der Waals surface area (Å²) >= 11 is 0. The maximum Gasteiger partial charge on any atom is 0.258 e. The molecule has 2 amide bonds. The third kappa shape index (κ3) is 7.66. The van der Waals surface area contributed by atoms with Crippen molar-refractivity contribution in [2.24, 2.45) is 0 Å². The molecule has 3 aromatic carbocycles. The molecule has 0 unspecified atom stereocenters. The molecule has 0 aliphatic rings. The Labute approximate surface area is 201 Å². The van der Waals surface area contributed by atoms with Crippen molar-refractivity contribution in [2.75, 3.05) is 13.2 Å². The van der Waals surface area contributed by atoms with E-state index >= 15 is 0 Å². The van der Waals surface area contributed by atoms with E-state index in [-0.39, 0.29) is 25.0 Å². The van der Waals surface area contributed by atoms with E-state index < -0.39 is 0 Å². The molecule has 0 spiro atoms. The summed E-state index contributed by atoms with van der Waals surface area (Å²) in [6.07, 6.45) is 0. The molecule has 6 heteroatoms. The van der Waals surface area contributed by atoms with Crippen LogP contribution in [0.25, 0.3) is 0 Å². The van der Waals surface area contributed by atoms with Crippen molar-refractivity contribution in [3.63, 3.8) is 0 Å². The highest BCUT2D eigenvalue weighted by Crippen LogP contribution is 2.17. The van der Waals surface area contributed by atoms with Gasteiger partial charge in [-0.25, -0.2) is 0 Å². The summed E-state index contributed by atoms with van der Waals surface area (Å²) in [5, 5.41) is 5.73. The minimum Gasteiger partial charge on any atom is -0.484 e. The van der Waals surface area contributed by atoms with Crippen LogP contribution in [0.4, 0.5) is 0 Å². The van der Waals surface area contributed by atoms with Crippen molar-refractivity contribution in [1.29, 1.82) is 0 Å². The van der Waals surface area contributed by atoms with Crippen molar-refractivity contribution in [1.82, 2.24) is 10.6 Å². The van der Waals surface area contributed by atoms with E-state index in [1.54, 1.807) is 0 Å². The lowest BCUT2D eigenvalue weighted by Crippen LogP contribution is -2.29. The van der Waals surface area contributed by atoms with Gasteiger partial charge in [-0.15, -0.1) is 0 Å². The lowest BCUT2D eigenvalue weighted by Gasteiger charge is -2.11. The largest absolute Gasteiger partial charge is 0.484 e. The zero-order valence-electron chi connectivity index (χ0n) is 20.2. The molecule has 3 rings (SSSR count). The molecule has 0 fully saturated rings. The number of hydrogen-bond donors (Lipinski definition) is 2. The molecule has 0 saturated heterocycles. The van der Waals surface area contributed by atoms with Gasteiger partial charge in [0.15, 0.2) is 13.2 Å². The van der Waals surface area contributed by atoms with Crippen LogP contribution >= 0.6 is 0 Å². The fourth-order valence-electron chi connectivity index (χ4n) is 3.26. The van der Waals surface area contributed by atoms with Gasteiger partial charge >= 0.3 is 0 Å². The topological polar surface area (TPSA) is 76.7 Å². The number of aryl methyl sites for hydroxylation is 4. The molecule has 0 bridgehead atoms. The van der Waals surface area contributed by atoms with Crippen LogP contribution in [-0.4, -0.2) is 25.0 Å². The zero-order valence-corrected chi connectivity index (χ0v) is 20.2. The SMILES string of the molecule is Cc1ccc(OCC(=O)NCc2cccc(CNC(=O)COc3ccc(C)c(C)c3)c2)cc1C. The molecule has 178 valence electrons. The van der Waals surface area contributed by atoms with Gasteiger partial charge in [0.2, 0.25) is 0 Å². The third-order valence-corrected chi connectivity index (χ3v) is 5.67. The van der Waals surface area contributed by atoms with Gasteiger partial charge in [-0.05, 0) is 85.3 Å². The number of rotatable bonds is 10. The summed E-state index contributed by atoms with van der Waals surface area (Å²) in [5.41, 5.74) is 6.50. The van der Waals surface area contributed by atoms with E-state index in [4.69, 9.17) is 9.47 Å². The Morgan fingerprint density at radius 3 is 1.47 bits per heavy atom. The summed E-state index contributed by atoms with van der Waals surface area (Å²) < 4.78 is 11.2. The Bertz CT molecular complexity index is 1070. The second kappa shape index (κ2) is 11.9.